The van der Waals surface area contributed by atoms with Gasteiger partial charge in [-0.1, -0.05) is 0 Å². The smallest absolute Gasteiger partial charge is 0.308 e. The highest BCUT2D eigenvalue weighted by Crippen LogP contribution is 2.19. The van der Waals surface area contributed by atoms with Gasteiger partial charge in [-0.25, -0.2) is 0 Å². The lowest BCUT2D eigenvalue weighted by Gasteiger charge is -2.31. The summed E-state index contributed by atoms with van der Waals surface area (Å²) < 4.78 is 0. The molecule has 1 unspecified atom stereocenters. The second kappa shape index (κ2) is 5.16. The number of carboxylic acids is 1. The van der Waals surface area contributed by atoms with Crippen LogP contribution in [0.25, 0.3) is 0 Å². The van der Waals surface area contributed by atoms with E-state index in [9.17, 15) is 9.59 Å². The monoisotopic (exact) mass is 248 g/mol. The van der Waals surface area contributed by atoms with Crippen LogP contribution in [-0.2, 0) is 4.79 Å². The molecule has 1 N–H and O–H groups in total. The Morgan fingerprint density at radius 1 is 1.50 bits per heavy atom. The molecule has 0 bridgehead atoms. The molecule has 1 amide bonds. The Kier molecular flexibility index (Phi) is 3.60. The van der Waals surface area contributed by atoms with E-state index < -0.39 is 11.9 Å². The minimum Gasteiger partial charge on any atom is -0.481 e. The number of hydrogen-bond acceptors (Lipinski definition) is 3. The molecule has 1 saturated heterocycles. The number of nitrogens with zero attached hydrogens (tertiary/aromatic N) is 2. The van der Waals surface area contributed by atoms with Crippen molar-refractivity contribution in [1.82, 2.24) is 9.88 Å². The molecule has 5 heteroatoms. The Morgan fingerprint density at radius 2 is 2.28 bits per heavy atom. The molecular formula is C13H16N2O3. The van der Waals surface area contributed by atoms with Crippen molar-refractivity contribution in [1.29, 1.82) is 0 Å². The number of carbonyl (C=O) groups is 2. The lowest BCUT2D eigenvalue weighted by Crippen LogP contribution is -2.42. The van der Waals surface area contributed by atoms with E-state index in [1.165, 1.54) is 0 Å². The highest BCUT2D eigenvalue weighted by molar-refractivity contribution is 5.95. The second-order valence-electron chi connectivity index (χ2n) is 4.56. The summed E-state index contributed by atoms with van der Waals surface area (Å²) in [6, 6.07) is 3.45. The third kappa shape index (κ3) is 2.50. The fourth-order valence-electron chi connectivity index (χ4n) is 2.24. The number of carboxylic acid groups (broad SMARTS) is 1. The van der Waals surface area contributed by atoms with Gasteiger partial charge >= 0.3 is 5.97 Å². The second-order valence-corrected chi connectivity index (χ2v) is 4.56. The van der Waals surface area contributed by atoms with Gasteiger partial charge in [0, 0.05) is 25.0 Å². The summed E-state index contributed by atoms with van der Waals surface area (Å²) in [5.41, 5.74) is 1.24. The Hall–Kier alpha value is -1.91. The molecule has 5 nitrogen and oxygen atoms in total. The largest absolute Gasteiger partial charge is 0.481 e. The molecule has 0 radical (unpaired) electrons. The van der Waals surface area contributed by atoms with Gasteiger partial charge in [-0.3, -0.25) is 14.6 Å². The van der Waals surface area contributed by atoms with Gasteiger partial charge in [0.2, 0.25) is 0 Å². The van der Waals surface area contributed by atoms with Crippen molar-refractivity contribution in [2.45, 2.75) is 19.8 Å². The van der Waals surface area contributed by atoms with Gasteiger partial charge in [0.1, 0.15) is 0 Å². The van der Waals surface area contributed by atoms with Gasteiger partial charge in [0.05, 0.1) is 11.5 Å². The first kappa shape index (κ1) is 12.5. The predicted octanol–water partition coefficient (Wildman–Crippen LogP) is 1.33. The maximum atomic E-state index is 12.3. The van der Waals surface area contributed by atoms with Crippen molar-refractivity contribution in [2.75, 3.05) is 13.1 Å². The zero-order chi connectivity index (χ0) is 13.1. The number of hydrogen-bond donors (Lipinski definition) is 1. The molecule has 1 aromatic heterocycles. The highest BCUT2D eigenvalue weighted by atomic mass is 16.4. The van der Waals surface area contributed by atoms with Crippen LogP contribution in [-0.4, -0.2) is 40.0 Å². The Balaban J connectivity index is 2.14. The normalized spacial score (nSPS) is 19.6. The van der Waals surface area contributed by atoms with E-state index in [0.29, 0.717) is 30.8 Å². The zero-order valence-electron chi connectivity index (χ0n) is 10.3. The lowest BCUT2D eigenvalue weighted by molar-refractivity contribution is -0.143. The Labute approximate surface area is 105 Å². The number of amides is 1. The number of rotatable bonds is 2. The first-order valence-corrected chi connectivity index (χ1v) is 6.03. The maximum Gasteiger partial charge on any atom is 0.308 e. The van der Waals surface area contributed by atoms with Crippen LogP contribution in [0.1, 0.15) is 28.9 Å². The quantitative estimate of drug-likeness (QED) is 0.857. The van der Waals surface area contributed by atoms with Crippen molar-refractivity contribution in [3.05, 3.63) is 29.6 Å². The third-order valence-corrected chi connectivity index (χ3v) is 3.30. The van der Waals surface area contributed by atoms with Crippen LogP contribution in [0.15, 0.2) is 18.3 Å². The summed E-state index contributed by atoms with van der Waals surface area (Å²) in [6.07, 6.45) is 3.02. The Bertz CT molecular complexity index is 473. The average Bonchev–Trinajstić information content (AvgIpc) is 2.38. The van der Waals surface area contributed by atoms with E-state index in [4.69, 9.17) is 5.11 Å². The first-order valence-electron chi connectivity index (χ1n) is 6.03. The van der Waals surface area contributed by atoms with E-state index in [-0.39, 0.29) is 5.91 Å². The summed E-state index contributed by atoms with van der Waals surface area (Å²) in [7, 11) is 0. The van der Waals surface area contributed by atoms with E-state index in [0.717, 1.165) is 6.42 Å². The van der Waals surface area contributed by atoms with Crippen molar-refractivity contribution in [2.24, 2.45) is 5.92 Å². The minimum atomic E-state index is -0.824. The summed E-state index contributed by atoms with van der Waals surface area (Å²) in [4.78, 5) is 29.0. The van der Waals surface area contributed by atoms with Crippen molar-refractivity contribution in [3.63, 3.8) is 0 Å². The van der Waals surface area contributed by atoms with Crippen LogP contribution < -0.4 is 0 Å². The lowest BCUT2D eigenvalue weighted by atomic mass is 9.97. The average molecular weight is 248 g/mol. The molecule has 1 aromatic rings. The standard InChI is InChI=1S/C13H16N2O3/c1-9-11(5-2-6-14-9)12(16)15-7-3-4-10(8-15)13(17)18/h2,5-6,10H,3-4,7-8H2,1H3,(H,17,18). The van der Waals surface area contributed by atoms with Crippen LogP contribution in [0, 0.1) is 12.8 Å². The number of piperidine rings is 1. The molecule has 0 saturated carbocycles. The molecule has 18 heavy (non-hydrogen) atoms. The first-order chi connectivity index (χ1) is 8.59. The molecule has 1 atom stereocenters. The van der Waals surface area contributed by atoms with E-state index >= 15 is 0 Å². The predicted molar refractivity (Wildman–Crippen MR) is 65.2 cm³/mol. The summed E-state index contributed by atoms with van der Waals surface area (Å²) in [6.45, 7) is 2.70. The van der Waals surface area contributed by atoms with Crippen LogP contribution in [0.3, 0.4) is 0 Å². The highest BCUT2D eigenvalue weighted by Gasteiger charge is 2.29. The number of pyridine rings is 1. The molecule has 0 spiro atoms. The topological polar surface area (TPSA) is 70.5 Å². The molecular weight excluding hydrogens is 232 g/mol. The van der Waals surface area contributed by atoms with E-state index in [1.807, 2.05) is 0 Å². The molecule has 2 rings (SSSR count). The molecule has 96 valence electrons. The van der Waals surface area contributed by atoms with E-state index in [1.54, 1.807) is 30.2 Å². The molecule has 0 aromatic carbocycles. The van der Waals surface area contributed by atoms with Gasteiger partial charge in [-0.15, -0.1) is 0 Å². The molecule has 1 aliphatic rings. The van der Waals surface area contributed by atoms with Crippen LogP contribution in [0.2, 0.25) is 0 Å². The van der Waals surface area contributed by atoms with Crippen LogP contribution in [0.5, 0.6) is 0 Å². The maximum absolute atomic E-state index is 12.3. The molecule has 2 heterocycles. The summed E-state index contributed by atoms with van der Waals surface area (Å²) in [5, 5.41) is 9.01. The van der Waals surface area contributed by atoms with Crippen molar-refractivity contribution < 1.29 is 14.7 Å². The molecule has 1 fully saturated rings. The van der Waals surface area contributed by atoms with Gasteiger partial charge in [0.15, 0.2) is 0 Å². The van der Waals surface area contributed by atoms with Gasteiger partial charge in [-0.2, -0.15) is 0 Å². The minimum absolute atomic E-state index is 0.119. The number of aliphatic carboxylic acids is 1. The number of likely N-dealkylation sites (tertiary alicyclic amines) is 1. The van der Waals surface area contributed by atoms with Gasteiger partial charge in [-0.05, 0) is 31.9 Å². The number of aromatic nitrogens is 1. The SMILES string of the molecule is Cc1ncccc1C(=O)N1CCCC(C(=O)O)C1. The Morgan fingerprint density at radius 3 is 2.94 bits per heavy atom. The van der Waals surface area contributed by atoms with Crippen LogP contribution in [0.4, 0.5) is 0 Å². The van der Waals surface area contributed by atoms with E-state index in [2.05, 4.69) is 4.98 Å². The number of aryl methyl sites for hydroxylation is 1. The van der Waals surface area contributed by atoms with Crippen LogP contribution >= 0.6 is 0 Å². The fourth-order valence-corrected chi connectivity index (χ4v) is 2.24. The summed E-state index contributed by atoms with van der Waals surface area (Å²) >= 11 is 0. The molecule has 1 aliphatic heterocycles. The number of carbonyl (C=O) groups excluding carboxylic acids is 1. The van der Waals surface area contributed by atoms with Gasteiger partial charge < -0.3 is 10.0 Å². The van der Waals surface area contributed by atoms with Crippen molar-refractivity contribution in [3.8, 4) is 0 Å². The fraction of sp³-hybridized carbons (Fsp3) is 0.462. The zero-order valence-corrected chi connectivity index (χ0v) is 10.3. The summed E-state index contributed by atoms with van der Waals surface area (Å²) in [5.74, 6) is -1.39. The third-order valence-electron chi connectivity index (χ3n) is 3.30. The van der Waals surface area contributed by atoms with Crippen molar-refractivity contribution >= 4 is 11.9 Å². The van der Waals surface area contributed by atoms with Gasteiger partial charge in [0.25, 0.3) is 5.91 Å². The molecule has 0 aliphatic carbocycles.